The number of imidazole rings is 2. The predicted molar refractivity (Wildman–Crippen MR) is 126 cm³/mol. The summed E-state index contributed by atoms with van der Waals surface area (Å²) in [6, 6.07) is 18.4. The monoisotopic (exact) mass is 415 g/mol. The van der Waals surface area contributed by atoms with Gasteiger partial charge >= 0.3 is 0 Å². The lowest BCUT2D eigenvalue weighted by Crippen LogP contribution is -2.38. The summed E-state index contributed by atoms with van der Waals surface area (Å²) in [6.07, 6.45) is 3.69. The van der Waals surface area contributed by atoms with Crippen LogP contribution in [-0.4, -0.2) is 50.9 Å². The summed E-state index contributed by atoms with van der Waals surface area (Å²) >= 11 is 0. The van der Waals surface area contributed by atoms with Gasteiger partial charge in [0.25, 0.3) is 0 Å². The third-order valence-electron chi connectivity index (χ3n) is 5.07. The molecule has 0 atom stereocenters. The fourth-order valence-electron chi connectivity index (χ4n) is 3.53. The number of aliphatic imine (C=N–C) groups is 1. The Kier molecular flexibility index (Phi) is 6.62. The van der Waals surface area contributed by atoms with Crippen LogP contribution in [0, 0.1) is 0 Å². The van der Waals surface area contributed by atoms with E-state index in [1.807, 2.05) is 49.6 Å². The zero-order valence-corrected chi connectivity index (χ0v) is 18.1. The third-order valence-corrected chi connectivity index (χ3v) is 5.07. The van der Waals surface area contributed by atoms with Crippen LogP contribution in [0.5, 0.6) is 0 Å². The molecule has 0 aliphatic heterocycles. The number of rotatable bonds is 8. The smallest absolute Gasteiger partial charge is 0.194 e. The van der Waals surface area contributed by atoms with Crippen LogP contribution in [0.1, 0.15) is 25.0 Å². The Morgan fingerprint density at radius 1 is 1.03 bits per heavy atom. The molecule has 0 saturated carbocycles. The molecular formula is C24H29N7. The summed E-state index contributed by atoms with van der Waals surface area (Å²) < 4.78 is 0. The van der Waals surface area contributed by atoms with Gasteiger partial charge in [-0.25, -0.2) is 9.97 Å². The van der Waals surface area contributed by atoms with Gasteiger partial charge in [0, 0.05) is 26.6 Å². The molecule has 0 aliphatic rings. The number of hydrogen-bond donors (Lipinski definition) is 3. The Hall–Kier alpha value is -3.61. The summed E-state index contributed by atoms with van der Waals surface area (Å²) in [5.74, 6) is 2.80. The van der Waals surface area contributed by atoms with E-state index in [1.54, 1.807) is 0 Å². The molecule has 0 amide bonds. The molecule has 0 saturated heterocycles. The fourth-order valence-corrected chi connectivity index (χ4v) is 3.53. The average Bonchev–Trinajstić information content (AvgIpc) is 3.43. The van der Waals surface area contributed by atoms with Crippen molar-refractivity contribution in [3.8, 4) is 11.3 Å². The number of aromatic amines is 2. The maximum Gasteiger partial charge on any atom is 0.194 e. The van der Waals surface area contributed by atoms with Crippen molar-refractivity contribution in [3.05, 3.63) is 72.4 Å². The minimum atomic E-state index is 0.655. The highest BCUT2D eigenvalue weighted by molar-refractivity contribution is 5.79. The molecule has 0 fully saturated rings. The molecule has 4 aromatic rings. The Labute approximate surface area is 182 Å². The second kappa shape index (κ2) is 9.93. The molecule has 0 spiro atoms. The molecule has 2 aromatic heterocycles. The van der Waals surface area contributed by atoms with E-state index >= 15 is 0 Å². The Morgan fingerprint density at radius 3 is 2.65 bits per heavy atom. The molecule has 0 bridgehead atoms. The van der Waals surface area contributed by atoms with Crippen molar-refractivity contribution in [2.24, 2.45) is 4.99 Å². The van der Waals surface area contributed by atoms with E-state index < -0.39 is 0 Å². The van der Waals surface area contributed by atoms with E-state index in [0.717, 1.165) is 65.8 Å². The lowest BCUT2D eigenvalue weighted by molar-refractivity contribution is 0.463. The highest BCUT2D eigenvalue weighted by Gasteiger charge is 2.10. The number of H-pyrrole nitrogens is 2. The SMILES string of the molecule is CCNC(=NCCCc1nc2ccccc2[nH]1)N(C)Cc1ncc(-c2ccccc2)[nH]1. The molecule has 3 N–H and O–H groups in total. The van der Waals surface area contributed by atoms with Crippen LogP contribution < -0.4 is 5.32 Å². The molecule has 0 radical (unpaired) electrons. The molecule has 7 heteroatoms. The van der Waals surface area contributed by atoms with Crippen LogP contribution in [-0.2, 0) is 13.0 Å². The van der Waals surface area contributed by atoms with Crippen LogP contribution in [0.25, 0.3) is 22.3 Å². The van der Waals surface area contributed by atoms with Crippen molar-refractivity contribution in [2.45, 2.75) is 26.3 Å². The number of guanidine groups is 1. The summed E-state index contributed by atoms with van der Waals surface area (Å²) in [5, 5.41) is 3.37. The Bertz CT molecular complexity index is 1090. The number of nitrogens with zero attached hydrogens (tertiary/aromatic N) is 4. The van der Waals surface area contributed by atoms with Gasteiger partial charge in [0.2, 0.25) is 0 Å². The van der Waals surface area contributed by atoms with Crippen LogP contribution in [0.4, 0.5) is 0 Å². The van der Waals surface area contributed by atoms with E-state index in [2.05, 4.69) is 55.3 Å². The highest BCUT2D eigenvalue weighted by atomic mass is 15.3. The molecule has 160 valence electrons. The standard InChI is InChI=1S/C24H29N7/c1-3-25-24(26-15-9-14-22-28-19-12-7-8-13-20(19)29-22)31(2)17-23-27-16-21(30-23)18-10-5-4-6-11-18/h4-8,10-13,16H,3,9,14-15,17H2,1-2H3,(H,25,26)(H,27,30)(H,28,29). The lowest BCUT2D eigenvalue weighted by Gasteiger charge is -2.21. The molecule has 2 heterocycles. The Balaban J connectivity index is 1.33. The molecule has 2 aromatic carbocycles. The first kappa shape index (κ1) is 20.7. The second-order valence-electron chi connectivity index (χ2n) is 7.51. The van der Waals surface area contributed by atoms with Crippen molar-refractivity contribution >= 4 is 17.0 Å². The first-order valence-corrected chi connectivity index (χ1v) is 10.8. The number of aromatic nitrogens is 4. The van der Waals surface area contributed by atoms with Crippen molar-refractivity contribution in [3.63, 3.8) is 0 Å². The van der Waals surface area contributed by atoms with E-state index in [1.165, 1.54) is 0 Å². The van der Waals surface area contributed by atoms with Gasteiger partial charge in [-0.05, 0) is 31.0 Å². The molecule has 0 unspecified atom stereocenters. The van der Waals surface area contributed by atoms with Crippen LogP contribution in [0.2, 0.25) is 0 Å². The zero-order valence-electron chi connectivity index (χ0n) is 18.1. The minimum Gasteiger partial charge on any atom is -0.357 e. The summed E-state index contributed by atoms with van der Waals surface area (Å²) in [4.78, 5) is 22.9. The normalized spacial score (nSPS) is 11.7. The molecule has 0 aliphatic carbocycles. The lowest BCUT2D eigenvalue weighted by atomic mass is 10.2. The Morgan fingerprint density at radius 2 is 1.84 bits per heavy atom. The number of hydrogen-bond acceptors (Lipinski definition) is 3. The largest absolute Gasteiger partial charge is 0.357 e. The van der Waals surface area contributed by atoms with Gasteiger partial charge in [0.1, 0.15) is 11.6 Å². The van der Waals surface area contributed by atoms with Crippen molar-refractivity contribution in [1.82, 2.24) is 30.2 Å². The van der Waals surface area contributed by atoms with Crippen molar-refractivity contribution in [2.75, 3.05) is 20.1 Å². The van der Waals surface area contributed by atoms with Gasteiger partial charge < -0.3 is 20.2 Å². The molecule has 4 rings (SSSR count). The molecule has 7 nitrogen and oxygen atoms in total. The number of para-hydroxylation sites is 2. The van der Waals surface area contributed by atoms with Gasteiger partial charge in [-0.3, -0.25) is 4.99 Å². The predicted octanol–water partition coefficient (Wildman–Crippen LogP) is 3.98. The zero-order chi connectivity index (χ0) is 21.5. The maximum absolute atomic E-state index is 4.79. The van der Waals surface area contributed by atoms with E-state index in [0.29, 0.717) is 6.54 Å². The summed E-state index contributed by atoms with van der Waals surface area (Å²) in [5.41, 5.74) is 4.26. The molecular weight excluding hydrogens is 386 g/mol. The van der Waals surface area contributed by atoms with Gasteiger partial charge in [-0.2, -0.15) is 0 Å². The van der Waals surface area contributed by atoms with E-state index in [-0.39, 0.29) is 0 Å². The third kappa shape index (κ3) is 5.31. The van der Waals surface area contributed by atoms with Gasteiger partial charge in [0.05, 0.1) is 29.5 Å². The van der Waals surface area contributed by atoms with Crippen molar-refractivity contribution in [1.29, 1.82) is 0 Å². The van der Waals surface area contributed by atoms with Crippen molar-refractivity contribution < 1.29 is 0 Å². The number of benzene rings is 2. The highest BCUT2D eigenvalue weighted by Crippen LogP contribution is 2.16. The minimum absolute atomic E-state index is 0.655. The molecule has 31 heavy (non-hydrogen) atoms. The first-order valence-electron chi connectivity index (χ1n) is 10.8. The number of fused-ring (bicyclic) bond motifs is 1. The van der Waals surface area contributed by atoms with Crippen LogP contribution in [0.15, 0.2) is 65.8 Å². The maximum atomic E-state index is 4.79. The van der Waals surface area contributed by atoms with Gasteiger partial charge in [-0.15, -0.1) is 0 Å². The topological polar surface area (TPSA) is 85.0 Å². The van der Waals surface area contributed by atoms with E-state index in [4.69, 9.17) is 4.99 Å². The fraction of sp³-hybridized carbons (Fsp3) is 0.292. The van der Waals surface area contributed by atoms with Crippen LogP contribution >= 0.6 is 0 Å². The number of aryl methyl sites for hydroxylation is 1. The van der Waals surface area contributed by atoms with Crippen LogP contribution in [0.3, 0.4) is 0 Å². The number of nitrogens with one attached hydrogen (secondary N) is 3. The summed E-state index contributed by atoms with van der Waals surface area (Å²) in [7, 11) is 2.03. The quantitative estimate of drug-likeness (QED) is 0.231. The summed E-state index contributed by atoms with van der Waals surface area (Å²) in [6.45, 7) is 4.29. The van der Waals surface area contributed by atoms with Gasteiger partial charge in [0.15, 0.2) is 5.96 Å². The average molecular weight is 416 g/mol. The van der Waals surface area contributed by atoms with E-state index in [9.17, 15) is 0 Å². The van der Waals surface area contributed by atoms with Gasteiger partial charge in [-0.1, -0.05) is 42.5 Å². The second-order valence-corrected chi connectivity index (χ2v) is 7.51. The first-order chi connectivity index (χ1) is 15.2.